The average molecular weight is 346 g/mol. The number of nitrogens with one attached hydrogen (secondary N) is 2. The zero-order chi connectivity index (χ0) is 18.3. The fourth-order valence-corrected chi connectivity index (χ4v) is 2.88. The highest BCUT2D eigenvalue weighted by molar-refractivity contribution is 5.78. The van der Waals surface area contributed by atoms with Gasteiger partial charge in [-0.15, -0.1) is 0 Å². The van der Waals surface area contributed by atoms with E-state index < -0.39 is 0 Å². The van der Waals surface area contributed by atoms with Crippen LogP contribution in [0.15, 0.2) is 30.3 Å². The van der Waals surface area contributed by atoms with E-state index in [0.29, 0.717) is 19.6 Å². The van der Waals surface area contributed by atoms with Crippen LogP contribution >= 0.6 is 0 Å². The lowest BCUT2D eigenvalue weighted by Crippen LogP contribution is -2.47. The Kier molecular flexibility index (Phi) is 6.82. The number of carbonyl (C=O) groups excluding carboxylic acids is 2. The Bertz CT molecular complexity index is 569. The first-order valence-electron chi connectivity index (χ1n) is 8.93. The van der Waals surface area contributed by atoms with Gasteiger partial charge in [0.2, 0.25) is 5.91 Å². The Morgan fingerprint density at radius 3 is 2.44 bits per heavy atom. The molecule has 1 heterocycles. The summed E-state index contributed by atoms with van der Waals surface area (Å²) in [7, 11) is 0. The van der Waals surface area contributed by atoms with Crippen molar-refractivity contribution < 1.29 is 9.59 Å². The standard InChI is InChI=1S/C19H30N4O2/c1-19(2,3)21-17(24)15-22-10-7-11-23(13-12-22)18(25)20-14-16-8-5-4-6-9-16/h4-6,8-9H,7,10-15H2,1-3H3,(H,20,25)(H,21,24). The molecule has 0 aliphatic carbocycles. The number of nitrogens with zero attached hydrogens (tertiary/aromatic N) is 2. The lowest BCUT2D eigenvalue weighted by Gasteiger charge is -2.25. The summed E-state index contributed by atoms with van der Waals surface area (Å²) in [5, 5.41) is 5.96. The molecule has 6 nitrogen and oxygen atoms in total. The third kappa shape index (κ3) is 7.13. The summed E-state index contributed by atoms with van der Waals surface area (Å²) in [4.78, 5) is 28.4. The molecule has 1 saturated heterocycles. The number of hydrogen-bond donors (Lipinski definition) is 2. The molecule has 1 aliphatic heterocycles. The van der Waals surface area contributed by atoms with E-state index in [1.165, 1.54) is 0 Å². The third-order valence-corrected chi connectivity index (χ3v) is 4.04. The van der Waals surface area contributed by atoms with Crippen LogP contribution in [0, 0.1) is 0 Å². The van der Waals surface area contributed by atoms with Crippen molar-refractivity contribution in [2.45, 2.75) is 39.3 Å². The van der Waals surface area contributed by atoms with E-state index in [-0.39, 0.29) is 17.5 Å². The van der Waals surface area contributed by atoms with Gasteiger partial charge >= 0.3 is 6.03 Å². The molecule has 0 unspecified atom stereocenters. The summed E-state index contributed by atoms with van der Waals surface area (Å²) < 4.78 is 0. The minimum Gasteiger partial charge on any atom is -0.350 e. The van der Waals surface area contributed by atoms with Crippen LogP contribution in [0.25, 0.3) is 0 Å². The topological polar surface area (TPSA) is 64.7 Å². The van der Waals surface area contributed by atoms with Gasteiger partial charge in [-0.25, -0.2) is 4.79 Å². The summed E-state index contributed by atoms with van der Waals surface area (Å²) in [6.07, 6.45) is 0.877. The fourth-order valence-electron chi connectivity index (χ4n) is 2.88. The summed E-state index contributed by atoms with van der Waals surface area (Å²) >= 11 is 0. The summed E-state index contributed by atoms with van der Waals surface area (Å²) in [6.45, 7) is 9.77. The first kappa shape index (κ1) is 19.2. The van der Waals surface area contributed by atoms with Crippen LogP contribution < -0.4 is 10.6 Å². The summed E-state index contributed by atoms with van der Waals surface area (Å²) in [6, 6.07) is 9.85. The van der Waals surface area contributed by atoms with Gasteiger partial charge in [0.25, 0.3) is 0 Å². The molecule has 138 valence electrons. The SMILES string of the molecule is CC(C)(C)NC(=O)CN1CCCN(C(=O)NCc2ccccc2)CC1. The zero-order valence-corrected chi connectivity index (χ0v) is 15.5. The molecule has 2 N–H and O–H groups in total. The highest BCUT2D eigenvalue weighted by atomic mass is 16.2. The van der Waals surface area contributed by atoms with Gasteiger partial charge < -0.3 is 15.5 Å². The molecule has 0 bridgehead atoms. The van der Waals surface area contributed by atoms with Gasteiger partial charge in [0.05, 0.1) is 6.54 Å². The quantitative estimate of drug-likeness (QED) is 0.874. The first-order chi connectivity index (χ1) is 11.8. The van der Waals surface area contributed by atoms with Gasteiger partial charge in [-0.1, -0.05) is 30.3 Å². The Labute approximate surface area is 150 Å². The van der Waals surface area contributed by atoms with Crippen molar-refractivity contribution in [3.63, 3.8) is 0 Å². The summed E-state index contributed by atoms with van der Waals surface area (Å²) in [5.74, 6) is 0.0366. The average Bonchev–Trinajstić information content (AvgIpc) is 2.77. The van der Waals surface area contributed by atoms with E-state index in [4.69, 9.17) is 0 Å². The number of rotatable bonds is 4. The minimum absolute atomic E-state index is 0.0366. The van der Waals surface area contributed by atoms with Gasteiger partial charge in [0.15, 0.2) is 0 Å². The monoisotopic (exact) mass is 346 g/mol. The Balaban J connectivity index is 1.76. The molecular formula is C19H30N4O2. The second-order valence-electron chi connectivity index (χ2n) is 7.56. The zero-order valence-electron chi connectivity index (χ0n) is 15.5. The third-order valence-electron chi connectivity index (χ3n) is 4.04. The molecule has 25 heavy (non-hydrogen) atoms. The van der Waals surface area contributed by atoms with E-state index in [0.717, 1.165) is 31.6 Å². The Morgan fingerprint density at radius 1 is 1.04 bits per heavy atom. The van der Waals surface area contributed by atoms with Gasteiger partial charge in [-0.05, 0) is 32.8 Å². The molecule has 0 radical (unpaired) electrons. The Hall–Kier alpha value is -2.08. The van der Waals surface area contributed by atoms with E-state index in [9.17, 15) is 9.59 Å². The first-order valence-corrected chi connectivity index (χ1v) is 8.93. The molecule has 2 rings (SSSR count). The van der Waals surface area contributed by atoms with Crippen molar-refractivity contribution in [2.24, 2.45) is 0 Å². The van der Waals surface area contributed by atoms with Crippen molar-refractivity contribution >= 4 is 11.9 Å². The maximum absolute atomic E-state index is 12.4. The number of hydrogen-bond acceptors (Lipinski definition) is 3. The van der Waals surface area contributed by atoms with Crippen molar-refractivity contribution in [3.8, 4) is 0 Å². The molecule has 3 amide bonds. The molecule has 1 aliphatic rings. The van der Waals surface area contributed by atoms with Gasteiger partial charge in [-0.3, -0.25) is 9.69 Å². The lowest BCUT2D eigenvalue weighted by atomic mass is 10.1. The van der Waals surface area contributed by atoms with Crippen LogP contribution in [0.1, 0.15) is 32.8 Å². The molecule has 6 heteroatoms. The highest BCUT2D eigenvalue weighted by Crippen LogP contribution is 2.05. The largest absolute Gasteiger partial charge is 0.350 e. The number of urea groups is 1. The van der Waals surface area contributed by atoms with Gasteiger partial charge in [0, 0.05) is 38.3 Å². The molecule has 0 saturated carbocycles. The molecule has 1 fully saturated rings. The van der Waals surface area contributed by atoms with Crippen LogP contribution in [-0.2, 0) is 11.3 Å². The van der Waals surface area contributed by atoms with Crippen molar-refractivity contribution in [1.82, 2.24) is 20.4 Å². The number of amides is 3. The normalized spacial score (nSPS) is 16.2. The van der Waals surface area contributed by atoms with Crippen LogP contribution in [0.2, 0.25) is 0 Å². The molecular weight excluding hydrogens is 316 g/mol. The number of benzene rings is 1. The second-order valence-corrected chi connectivity index (χ2v) is 7.56. The minimum atomic E-state index is -0.216. The van der Waals surface area contributed by atoms with Crippen molar-refractivity contribution in [3.05, 3.63) is 35.9 Å². The predicted octanol–water partition coefficient (Wildman–Crippen LogP) is 1.82. The fraction of sp³-hybridized carbons (Fsp3) is 0.579. The van der Waals surface area contributed by atoms with E-state index in [1.807, 2.05) is 56.0 Å². The van der Waals surface area contributed by atoms with Crippen LogP contribution in [0.5, 0.6) is 0 Å². The lowest BCUT2D eigenvalue weighted by molar-refractivity contribution is -0.123. The van der Waals surface area contributed by atoms with E-state index in [1.54, 1.807) is 0 Å². The van der Waals surface area contributed by atoms with Gasteiger partial charge in [0.1, 0.15) is 0 Å². The molecule has 0 atom stereocenters. The maximum Gasteiger partial charge on any atom is 0.317 e. The molecule has 0 spiro atoms. The molecule has 0 aromatic heterocycles. The predicted molar refractivity (Wildman–Crippen MR) is 99.2 cm³/mol. The van der Waals surface area contributed by atoms with Crippen molar-refractivity contribution in [1.29, 1.82) is 0 Å². The molecule has 1 aromatic rings. The number of carbonyl (C=O) groups is 2. The van der Waals surface area contributed by atoms with E-state index in [2.05, 4.69) is 15.5 Å². The highest BCUT2D eigenvalue weighted by Gasteiger charge is 2.21. The molecule has 1 aromatic carbocycles. The van der Waals surface area contributed by atoms with Crippen molar-refractivity contribution in [2.75, 3.05) is 32.7 Å². The van der Waals surface area contributed by atoms with Crippen LogP contribution in [-0.4, -0.2) is 60.0 Å². The van der Waals surface area contributed by atoms with Gasteiger partial charge in [-0.2, -0.15) is 0 Å². The second kappa shape index (κ2) is 8.85. The van der Waals surface area contributed by atoms with Crippen LogP contribution in [0.4, 0.5) is 4.79 Å². The Morgan fingerprint density at radius 2 is 1.76 bits per heavy atom. The smallest absolute Gasteiger partial charge is 0.317 e. The summed E-state index contributed by atoms with van der Waals surface area (Å²) in [5.41, 5.74) is 0.873. The van der Waals surface area contributed by atoms with Crippen LogP contribution in [0.3, 0.4) is 0 Å². The maximum atomic E-state index is 12.4. The van der Waals surface area contributed by atoms with E-state index >= 15 is 0 Å².